The molecule has 0 aliphatic heterocycles. The van der Waals surface area contributed by atoms with Gasteiger partial charge in [0, 0.05) is 6.54 Å². The SMILES string of the molecule is CCCC(=C(c1ccccc1)c1ccc(OCCN(C)C)cc1)c1ccccc1. The zero-order chi connectivity index (χ0) is 20.5. The Balaban J connectivity index is 2.02. The second-order valence-corrected chi connectivity index (χ2v) is 7.51. The van der Waals surface area contributed by atoms with Crippen LogP contribution in [0.15, 0.2) is 84.9 Å². The molecule has 3 aromatic carbocycles. The van der Waals surface area contributed by atoms with E-state index in [0.29, 0.717) is 6.61 Å². The molecule has 0 saturated carbocycles. The van der Waals surface area contributed by atoms with Gasteiger partial charge in [-0.3, -0.25) is 0 Å². The minimum absolute atomic E-state index is 0.693. The normalized spacial score (nSPS) is 12.0. The molecule has 0 bridgehead atoms. The van der Waals surface area contributed by atoms with Gasteiger partial charge in [-0.2, -0.15) is 0 Å². The fourth-order valence-corrected chi connectivity index (χ4v) is 3.49. The van der Waals surface area contributed by atoms with Gasteiger partial charge in [0.2, 0.25) is 0 Å². The number of benzene rings is 3. The lowest BCUT2D eigenvalue weighted by atomic mass is 9.87. The third-order valence-corrected chi connectivity index (χ3v) is 4.94. The van der Waals surface area contributed by atoms with E-state index in [0.717, 1.165) is 25.1 Å². The van der Waals surface area contributed by atoms with Gasteiger partial charge < -0.3 is 9.64 Å². The summed E-state index contributed by atoms with van der Waals surface area (Å²) in [7, 11) is 4.12. The molecule has 0 radical (unpaired) electrons. The van der Waals surface area contributed by atoms with Crippen molar-refractivity contribution in [3.05, 3.63) is 102 Å². The standard InChI is InChI=1S/C27H31NO/c1-4-11-26(22-12-7-5-8-13-22)27(23-14-9-6-10-15-23)24-16-18-25(19-17-24)29-21-20-28(2)3/h5-10,12-19H,4,11,20-21H2,1-3H3. The van der Waals surface area contributed by atoms with E-state index < -0.39 is 0 Å². The molecular formula is C27H31NO. The van der Waals surface area contributed by atoms with Crippen molar-refractivity contribution in [1.82, 2.24) is 4.90 Å². The molecular weight excluding hydrogens is 354 g/mol. The van der Waals surface area contributed by atoms with Crippen LogP contribution in [0.25, 0.3) is 11.1 Å². The highest BCUT2D eigenvalue weighted by Crippen LogP contribution is 2.35. The smallest absolute Gasteiger partial charge is 0.119 e. The molecule has 0 atom stereocenters. The highest BCUT2D eigenvalue weighted by atomic mass is 16.5. The summed E-state index contributed by atoms with van der Waals surface area (Å²) in [5, 5.41) is 0. The van der Waals surface area contributed by atoms with Crippen LogP contribution in [0.2, 0.25) is 0 Å². The van der Waals surface area contributed by atoms with Gasteiger partial charge in [-0.15, -0.1) is 0 Å². The van der Waals surface area contributed by atoms with Crippen LogP contribution in [-0.4, -0.2) is 32.1 Å². The maximum Gasteiger partial charge on any atom is 0.119 e. The average Bonchev–Trinajstić information content (AvgIpc) is 2.75. The van der Waals surface area contributed by atoms with Gasteiger partial charge in [0.15, 0.2) is 0 Å². The van der Waals surface area contributed by atoms with Gasteiger partial charge in [0.25, 0.3) is 0 Å². The van der Waals surface area contributed by atoms with E-state index in [9.17, 15) is 0 Å². The fourth-order valence-electron chi connectivity index (χ4n) is 3.49. The summed E-state index contributed by atoms with van der Waals surface area (Å²) in [6.45, 7) is 3.84. The summed E-state index contributed by atoms with van der Waals surface area (Å²) in [6.07, 6.45) is 2.14. The van der Waals surface area contributed by atoms with Crippen molar-refractivity contribution in [2.75, 3.05) is 27.2 Å². The van der Waals surface area contributed by atoms with Crippen molar-refractivity contribution >= 4 is 11.1 Å². The summed E-state index contributed by atoms with van der Waals surface area (Å²) in [5.74, 6) is 0.916. The highest BCUT2D eigenvalue weighted by Gasteiger charge is 2.13. The van der Waals surface area contributed by atoms with Gasteiger partial charge in [0.05, 0.1) is 0 Å². The molecule has 0 amide bonds. The zero-order valence-corrected chi connectivity index (χ0v) is 17.8. The molecule has 0 fully saturated rings. The third-order valence-electron chi connectivity index (χ3n) is 4.94. The lowest BCUT2D eigenvalue weighted by molar-refractivity contribution is 0.261. The van der Waals surface area contributed by atoms with Crippen LogP contribution in [0.5, 0.6) is 5.75 Å². The van der Waals surface area contributed by atoms with Crippen LogP contribution in [-0.2, 0) is 0 Å². The predicted octanol–water partition coefficient (Wildman–Crippen LogP) is 6.39. The number of likely N-dealkylation sites (N-methyl/N-ethyl adjacent to an activating group) is 1. The Hall–Kier alpha value is -2.84. The number of nitrogens with zero attached hydrogens (tertiary/aromatic N) is 1. The van der Waals surface area contributed by atoms with Gasteiger partial charge in [-0.05, 0) is 60.5 Å². The Kier molecular flexibility index (Phi) is 7.66. The summed E-state index contributed by atoms with van der Waals surface area (Å²) in [6, 6.07) is 30.0. The quantitative estimate of drug-likeness (QED) is 0.396. The number of ether oxygens (including phenoxy) is 1. The average molecular weight is 386 g/mol. The molecule has 29 heavy (non-hydrogen) atoms. The van der Waals surface area contributed by atoms with Crippen molar-refractivity contribution < 1.29 is 4.74 Å². The third kappa shape index (κ3) is 5.82. The molecule has 0 spiro atoms. The van der Waals surface area contributed by atoms with Crippen LogP contribution in [0, 0.1) is 0 Å². The van der Waals surface area contributed by atoms with Crippen molar-refractivity contribution in [3.8, 4) is 5.75 Å². The maximum atomic E-state index is 5.89. The Morgan fingerprint density at radius 1 is 0.724 bits per heavy atom. The van der Waals surface area contributed by atoms with Crippen molar-refractivity contribution in [2.45, 2.75) is 19.8 Å². The van der Waals surface area contributed by atoms with Crippen LogP contribution in [0.3, 0.4) is 0 Å². The molecule has 0 heterocycles. The minimum Gasteiger partial charge on any atom is -0.492 e. The molecule has 0 aliphatic carbocycles. The molecule has 2 heteroatoms. The summed E-state index contributed by atoms with van der Waals surface area (Å²) in [4.78, 5) is 2.13. The van der Waals surface area contributed by atoms with E-state index in [4.69, 9.17) is 4.74 Å². The molecule has 0 aromatic heterocycles. The van der Waals surface area contributed by atoms with Crippen LogP contribution < -0.4 is 4.74 Å². The number of hydrogen-bond donors (Lipinski definition) is 0. The van der Waals surface area contributed by atoms with Gasteiger partial charge in [0.1, 0.15) is 12.4 Å². The maximum absolute atomic E-state index is 5.89. The first-order chi connectivity index (χ1) is 14.2. The fraction of sp³-hybridized carbons (Fsp3) is 0.259. The van der Waals surface area contributed by atoms with E-state index >= 15 is 0 Å². The van der Waals surface area contributed by atoms with E-state index in [1.165, 1.54) is 27.8 Å². The monoisotopic (exact) mass is 385 g/mol. The zero-order valence-electron chi connectivity index (χ0n) is 17.8. The van der Waals surface area contributed by atoms with Gasteiger partial charge >= 0.3 is 0 Å². The van der Waals surface area contributed by atoms with E-state index in [1.807, 2.05) is 0 Å². The lowest BCUT2D eigenvalue weighted by Gasteiger charge is -2.18. The summed E-state index contributed by atoms with van der Waals surface area (Å²) in [5.41, 5.74) is 6.46. The number of hydrogen-bond acceptors (Lipinski definition) is 2. The molecule has 0 saturated heterocycles. The van der Waals surface area contributed by atoms with E-state index in [2.05, 4.69) is 111 Å². The second-order valence-electron chi connectivity index (χ2n) is 7.51. The molecule has 0 aliphatic rings. The Bertz CT molecular complexity index is 896. The Labute approximate surface area is 175 Å². The van der Waals surface area contributed by atoms with E-state index in [-0.39, 0.29) is 0 Å². The summed E-state index contributed by atoms with van der Waals surface area (Å²) < 4.78 is 5.89. The molecule has 3 rings (SSSR count). The molecule has 150 valence electrons. The largest absolute Gasteiger partial charge is 0.492 e. The molecule has 3 aromatic rings. The second kappa shape index (κ2) is 10.6. The first-order valence-electron chi connectivity index (χ1n) is 10.4. The Morgan fingerprint density at radius 3 is 1.83 bits per heavy atom. The van der Waals surface area contributed by atoms with E-state index in [1.54, 1.807) is 0 Å². The summed E-state index contributed by atoms with van der Waals surface area (Å²) >= 11 is 0. The minimum atomic E-state index is 0.693. The highest BCUT2D eigenvalue weighted by molar-refractivity contribution is 5.98. The number of allylic oxidation sites excluding steroid dienone is 1. The molecule has 0 unspecified atom stereocenters. The first kappa shape index (κ1) is 20.9. The van der Waals surface area contributed by atoms with Crippen LogP contribution in [0.4, 0.5) is 0 Å². The molecule has 0 N–H and O–H groups in total. The topological polar surface area (TPSA) is 12.5 Å². The Morgan fingerprint density at radius 2 is 1.28 bits per heavy atom. The van der Waals surface area contributed by atoms with Gasteiger partial charge in [-0.25, -0.2) is 0 Å². The molecule has 2 nitrogen and oxygen atoms in total. The van der Waals surface area contributed by atoms with Crippen molar-refractivity contribution in [3.63, 3.8) is 0 Å². The van der Waals surface area contributed by atoms with Crippen LogP contribution >= 0.6 is 0 Å². The van der Waals surface area contributed by atoms with Crippen LogP contribution in [0.1, 0.15) is 36.5 Å². The van der Waals surface area contributed by atoms with Crippen molar-refractivity contribution in [1.29, 1.82) is 0 Å². The lowest BCUT2D eigenvalue weighted by Crippen LogP contribution is -2.19. The predicted molar refractivity (Wildman–Crippen MR) is 124 cm³/mol. The van der Waals surface area contributed by atoms with Crippen molar-refractivity contribution in [2.24, 2.45) is 0 Å². The first-order valence-corrected chi connectivity index (χ1v) is 10.4. The van der Waals surface area contributed by atoms with Gasteiger partial charge in [-0.1, -0.05) is 86.1 Å². The number of rotatable bonds is 9.